The SMILES string of the molecule is CN(C)c1ccc([C@@]2(c3ccccc3)[C@@H]3C(=O)c4ccccc4C(=O)[C@@]32C)cc1. The summed E-state index contributed by atoms with van der Waals surface area (Å²) in [6.45, 7) is 1.97. The molecule has 3 heteroatoms. The summed E-state index contributed by atoms with van der Waals surface area (Å²) in [7, 11) is 4.01. The first-order valence-corrected chi connectivity index (χ1v) is 9.95. The molecule has 0 radical (unpaired) electrons. The topological polar surface area (TPSA) is 37.4 Å². The molecule has 144 valence electrons. The molecule has 0 saturated heterocycles. The zero-order valence-corrected chi connectivity index (χ0v) is 16.8. The third-order valence-corrected chi connectivity index (χ3v) is 6.99. The number of hydrogen-bond donors (Lipinski definition) is 0. The van der Waals surface area contributed by atoms with Crippen molar-refractivity contribution in [3.8, 4) is 0 Å². The number of hydrogen-bond acceptors (Lipinski definition) is 3. The van der Waals surface area contributed by atoms with Crippen LogP contribution in [0.3, 0.4) is 0 Å². The summed E-state index contributed by atoms with van der Waals surface area (Å²) >= 11 is 0. The second-order valence-corrected chi connectivity index (χ2v) is 8.49. The molecule has 29 heavy (non-hydrogen) atoms. The van der Waals surface area contributed by atoms with Gasteiger partial charge in [0, 0.05) is 36.3 Å². The molecule has 0 amide bonds. The van der Waals surface area contributed by atoms with Crippen molar-refractivity contribution in [1.82, 2.24) is 0 Å². The molecular formula is C26H23NO2. The lowest BCUT2D eigenvalue weighted by Gasteiger charge is -2.24. The van der Waals surface area contributed by atoms with Gasteiger partial charge in [0.2, 0.25) is 0 Å². The Bertz CT molecular complexity index is 1130. The molecule has 2 aliphatic rings. The number of carbonyl (C=O) groups excluding carboxylic acids is 2. The zero-order chi connectivity index (χ0) is 20.4. The van der Waals surface area contributed by atoms with Crippen molar-refractivity contribution in [3.05, 3.63) is 101 Å². The van der Waals surface area contributed by atoms with Crippen molar-refractivity contribution in [2.45, 2.75) is 12.3 Å². The van der Waals surface area contributed by atoms with Gasteiger partial charge in [0.1, 0.15) is 0 Å². The number of anilines is 1. The van der Waals surface area contributed by atoms with Gasteiger partial charge in [-0.15, -0.1) is 0 Å². The fourth-order valence-corrected chi connectivity index (χ4v) is 5.54. The molecule has 0 heterocycles. The van der Waals surface area contributed by atoms with E-state index in [0.717, 1.165) is 16.8 Å². The molecule has 0 unspecified atom stereocenters. The molecule has 3 aromatic carbocycles. The van der Waals surface area contributed by atoms with Gasteiger partial charge in [-0.1, -0.05) is 73.7 Å². The molecule has 2 aliphatic carbocycles. The van der Waals surface area contributed by atoms with Crippen LogP contribution in [-0.4, -0.2) is 25.7 Å². The Morgan fingerprint density at radius 3 is 1.90 bits per heavy atom. The smallest absolute Gasteiger partial charge is 0.171 e. The molecule has 0 spiro atoms. The van der Waals surface area contributed by atoms with Crippen molar-refractivity contribution in [2.75, 3.05) is 19.0 Å². The van der Waals surface area contributed by atoms with E-state index in [2.05, 4.69) is 36.4 Å². The fourth-order valence-electron chi connectivity index (χ4n) is 5.54. The van der Waals surface area contributed by atoms with Crippen LogP contribution in [0.1, 0.15) is 38.8 Å². The van der Waals surface area contributed by atoms with Crippen molar-refractivity contribution in [1.29, 1.82) is 0 Å². The monoisotopic (exact) mass is 381 g/mol. The van der Waals surface area contributed by atoms with Gasteiger partial charge in [0.15, 0.2) is 11.6 Å². The van der Waals surface area contributed by atoms with Crippen LogP contribution < -0.4 is 4.90 Å². The highest BCUT2D eigenvalue weighted by atomic mass is 16.1. The third-order valence-electron chi connectivity index (χ3n) is 6.99. The highest BCUT2D eigenvalue weighted by molar-refractivity contribution is 6.23. The highest BCUT2D eigenvalue weighted by Crippen LogP contribution is 2.76. The Balaban J connectivity index is 1.77. The average molecular weight is 381 g/mol. The van der Waals surface area contributed by atoms with E-state index in [0.29, 0.717) is 11.1 Å². The standard InChI is InChI=1S/C26H23NO2/c1-25-23(22(28)20-11-7-8-12-21(20)24(25)29)26(25,17-9-5-4-6-10-17)18-13-15-19(16-14-18)27(2)3/h4-16,23H,1-3H3/t23-,25-,26+/m1/s1. The summed E-state index contributed by atoms with van der Waals surface area (Å²) in [5.41, 5.74) is 2.83. The van der Waals surface area contributed by atoms with Gasteiger partial charge < -0.3 is 4.90 Å². The lowest BCUT2D eigenvalue weighted by Crippen LogP contribution is -2.28. The molecule has 0 aliphatic heterocycles. The highest BCUT2D eigenvalue weighted by Gasteiger charge is 2.82. The Morgan fingerprint density at radius 1 is 0.724 bits per heavy atom. The average Bonchev–Trinajstić information content (AvgIpc) is 3.35. The van der Waals surface area contributed by atoms with Gasteiger partial charge in [0.25, 0.3) is 0 Å². The maximum Gasteiger partial charge on any atom is 0.171 e. The number of carbonyl (C=O) groups is 2. The van der Waals surface area contributed by atoms with Crippen LogP contribution in [-0.2, 0) is 5.41 Å². The van der Waals surface area contributed by atoms with Gasteiger partial charge in [-0.3, -0.25) is 9.59 Å². The van der Waals surface area contributed by atoms with Gasteiger partial charge in [-0.05, 0) is 23.3 Å². The van der Waals surface area contributed by atoms with Crippen LogP contribution in [0, 0.1) is 11.3 Å². The van der Waals surface area contributed by atoms with Crippen LogP contribution in [0.5, 0.6) is 0 Å². The fraction of sp³-hybridized carbons (Fsp3) is 0.231. The number of benzene rings is 3. The summed E-state index contributed by atoms with van der Waals surface area (Å²) < 4.78 is 0. The summed E-state index contributed by atoms with van der Waals surface area (Å²) in [5, 5.41) is 0. The molecule has 1 fully saturated rings. The Morgan fingerprint density at radius 2 is 1.28 bits per heavy atom. The van der Waals surface area contributed by atoms with E-state index in [1.54, 1.807) is 12.1 Å². The van der Waals surface area contributed by atoms with E-state index in [4.69, 9.17) is 0 Å². The van der Waals surface area contributed by atoms with E-state index < -0.39 is 10.8 Å². The summed E-state index contributed by atoms with van der Waals surface area (Å²) in [6.07, 6.45) is 0. The van der Waals surface area contributed by atoms with Crippen LogP contribution in [0.4, 0.5) is 5.69 Å². The third kappa shape index (κ3) is 2.08. The number of Topliss-reactive ketones (excluding diaryl/α,β-unsaturated/α-hetero) is 2. The Kier molecular flexibility index (Phi) is 3.63. The molecular weight excluding hydrogens is 358 g/mol. The van der Waals surface area contributed by atoms with E-state index in [9.17, 15) is 9.59 Å². The predicted octanol–water partition coefficient (Wildman–Crippen LogP) is 4.75. The lowest BCUT2D eigenvalue weighted by atomic mass is 9.77. The first-order chi connectivity index (χ1) is 13.9. The minimum absolute atomic E-state index is 0.0678. The maximum absolute atomic E-state index is 13.7. The summed E-state index contributed by atoms with van der Waals surface area (Å²) in [6, 6.07) is 25.6. The molecule has 0 bridgehead atoms. The zero-order valence-electron chi connectivity index (χ0n) is 16.8. The predicted molar refractivity (Wildman–Crippen MR) is 115 cm³/mol. The second-order valence-electron chi connectivity index (χ2n) is 8.49. The normalized spacial score (nSPS) is 27.2. The number of fused-ring (bicyclic) bond motifs is 2. The van der Waals surface area contributed by atoms with Crippen molar-refractivity contribution in [3.63, 3.8) is 0 Å². The second kappa shape index (κ2) is 5.90. The van der Waals surface area contributed by atoms with Crippen LogP contribution >= 0.6 is 0 Å². The number of nitrogens with zero attached hydrogens (tertiary/aromatic N) is 1. The minimum Gasteiger partial charge on any atom is -0.378 e. The lowest BCUT2D eigenvalue weighted by molar-refractivity contribution is 0.0822. The van der Waals surface area contributed by atoms with Crippen molar-refractivity contribution in [2.24, 2.45) is 11.3 Å². The summed E-state index contributed by atoms with van der Waals surface area (Å²) in [4.78, 5) is 29.3. The largest absolute Gasteiger partial charge is 0.378 e. The number of ketones is 2. The summed E-state index contributed by atoms with van der Waals surface area (Å²) in [5.74, 6) is -0.244. The van der Waals surface area contributed by atoms with Crippen LogP contribution in [0.15, 0.2) is 78.9 Å². The molecule has 3 nitrogen and oxygen atoms in total. The van der Waals surface area contributed by atoms with Crippen LogP contribution in [0.2, 0.25) is 0 Å². The minimum atomic E-state index is -0.778. The van der Waals surface area contributed by atoms with Gasteiger partial charge in [-0.2, -0.15) is 0 Å². The maximum atomic E-state index is 13.7. The van der Waals surface area contributed by atoms with Gasteiger partial charge in [0.05, 0.1) is 11.3 Å². The molecule has 3 atom stereocenters. The first kappa shape index (κ1) is 17.9. The van der Waals surface area contributed by atoms with Crippen LogP contribution in [0.25, 0.3) is 0 Å². The van der Waals surface area contributed by atoms with E-state index in [1.165, 1.54) is 0 Å². The molecule has 3 aromatic rings. The molecule has 0 N–H and O–H groups in total. The number of rotatable bonds is 3. The first-order valence-electron chi connectivity index (χ1n) is 9.95. The van der Waals surface area contributed by atoms with Gasteiger partial charge in [-0.25, -0.2) is 0 Å². The van der Waals surface area contributed by atoms with Gasteiger partial charge >= 0.3 is 0 Å². The van der Waals surface area contributed by atoms with E-state index >= 15 is 0 Å². The van der Waals surface area contributed by atoms with E-state index in [1.807, 2.05) is 56.3 Å². The quantitative estimate of drug-likeness (QED) is 0.657. The Hall–Kier alpha value is -3.20. The van der Waals surface area contributed by atoms with Crippen molar-refractivity contribution >= 4 is 17.3 Å². The van der Waals surface area contributed by atoms with E-state index in [-0.39, 0.29) is 17.5 Å². The molecule has 5 rings (SSSR count). The Labute approximate surface area is 171 Å². The van der Waals surface area contributed by atoms with Crippen molar-refractivity contribution < 1.29 is 9.59 Å². The molecule has 1 saturated carbocycles. The molecule has 0 aromatic heterocycles.